The second kappa shape index (κ2) is 6.69. The van der Waals surface area contributed by atoms with Gasteiger partial charge in [0, 0.05) is 5.02 Å². The van der Waals surface area contributed by atoms with Crippen molar-refractivity contribution in [2.24, 2.45) is 5.84 Å². The number of ether oxygens (including phenoxy) is 1. The first-order chi connectivity index (χ1) is 9.60. The number of nitrogens with one attached hydrogen (secondary N) is 1. The van der Waals surface area contributed by atoms with E-state index in [-0.39, 0.29) is 5.69 Å². The number of hydrazine groups is 1. The fourth-order valence-electron chi connectivity index (χ4n) is 1.43. The summed E-state index contributed by atoms with van der Waals surface area (Å²) in [6.45, 7) is 0.813. The number of aromatic nitrogens is 3. The third kappa shape index (κ3) is 3.69. The first-order valence-corrected chi connectivity index (χ1v) is 6.76. The van der Waals surface area contributed by atoms with E-state index >= 15 is 0 Å². The summed E-state index contributed by atoms with van der Waals surface area (Å²) < 4.78 is 7.84. The number of nitrogens with two attached hydrogens (primary N) is 1. The lowest BCUT2D eigenvalue weighted by atomic mass is 10.3. The van der Waals surface area contributed by atoms with Crippen molar-refractivity contribution in [2.75, 3.05) is 6.61 Å². The van der Waals surface area contributed by atoms with Crippen molar-refractivity contribution in [3.05, 3.63) is 39.6 Å². The monoisotopic (exact) mass is 359 g/mol. The minimum Gasteiger partial charge on any atom is -0.490 e. The molecule has 106 valence electrons. The Morgan fingerprint density at radius 2 is 2.35 bits per heavy atom. The maximum Gasteiger partial charge on any atom is 0.287 e. The van der Waals surface area contributed by atoms with Gasteiger partial charge < -0.3 is 4.74 Å². The molecule has 0 fully saturated rings. The van der Waals surface area contributed by atoms with Gasteiger partial charge in [-0.1, -0.05) is 16.8 Å². The van der Waals surface area contributed by atoms with E-state index in [1.54, 1.807) is 18.2 Å². The number of halogens is 2. The van der Waals surface area contributed by atoms with Crippen molar-refractivity contribution in [1.82, 2.24) is 20.4 Å². The van der Waals surface area contributed by atoms with Gasteiger partial charge in [-0.05, 0) is 34.1 Å². The Kier molecular flexibility index (Phi) is 4.94. The molecule has 0 aliphatic carbocycles. The van der Waals surface area contributed by atoms with Crippen LogP contribution in [0.2, 0.25) is 5.02 Å². The zero-order valence-corrected chi connectivity index (χ0v) is 12.6. The molecule has 0 radical (unpaired) electrons. The standard InChI is InChI=1S/C11H11BrClN5O2/c12-8-5-7(13)1-2-10(8)20-4-3-18-6-9(16-17-18)11(19)15-14/h1-2,5-6H,3-4,14H2,(H,15,19). The average molecular weight is 361 g/mol. The number of carbonyl (C=O) groups excluding carboxylic acids is 1. The number of benzene rings is 1. The molecule has 2 aromatic rings. The number of carbonyl (C=O) groups is 1. The summed E-state index contributed by atoms with van der Waals surface area (Å²) in [4.78, 5) is 11.2. The smallest absolute Gasteiger partial charge is 0.287 e. The lowest BCUT2D eigenvalue weighted by molar-refractivity contribution is 0.0948. The van der Waals surface area contributed by atoms with Crippen molar-refractivity contribution in [3.63, 3.8) is 0 Å². The number of nitrogen functional groups attached to an aromatic ring is 1. The van der Waals surface area contributed by atoms with Crippen LogP contribution >= 0.6 is 27.5 Å². The second-order valence-corrected chi connectivity index (χ2v) is 5.05. The fraction of sp³-hybridized carbons (Fsp3) is 0.182. The molecule has 1 aromatic heterocycles. The van der Waals surface area contributed by atoms with Gasteiger partial charge in [-0.2, -0.15) is 0 Å². The first-order valence-electron chi connectivity index (χ1n) is 5.59. The number of amides is 1. The van der Waals surface area contributed by atoms with E-state index in [9.17, 15) is 4.79 Å². The van der Waals surface area contributed by atoms with Crippen molar-refractivity contribution in [2.45, 2.75) is 6.54 Å². The third-order valence-corrected chi connectivity index (χ3v) is 3.23. The van der Waals surface area contributed by atoms with Gasteiger partial charge in [0.25, 0.3) is 5.91 Å². The van der Waals surface area contributed by atoms with Crippen LogP contribution in [0.3, 0.4) is 0 Å². The van der Waals surface area contributed by atoms with Crippen LogP contribution in [0.5, 0.6) is 5.75 Å². The fourth-order valence-corrected chi connectivity index (χ4v) is 2.22. The summed E-state index contributed by atoms with van der Waals surface area (Å²) >= 11 is 9.19. The maximum atomic E-state index is 11.2. The molecule has 20 heavy (non-hydrogen) atoms. The lowest BCUT2D eigenvalue weighted by Crippen LogP contribution is -2.30. The summed E-state index contributed by atoms with van der Waals surface area (Å²) in [5.74, 6) is 5.19. The predicted molar refractivity (Wildman–Crippen MR) is 76.3 cm³/mol. The Bertz CT molecular complexity index is 619. The van der Waals surface area contributed by atoms with Crippen LogP contribution in [0.25, 0.3) is 0 Å². The summed E-state index contributed by atoms with van der Waals surface area (Å²) in [6.07, 6.45) is 1.49. The van der Waals surface area contributed by atoms with E-state index in [1.807, 2.05) is 5.43 Å². The first kappa shape index (κ1) is 14.8. The van der Waals surface area contributed by atoms with E-state index < -0.39 is 5.91 Å². The minimum atomic E-state index is -0.488. The molecule has 0 unspecified atom stereocenters. The highest BCUT2D eigenvalue weighted by molar-refractivity contribution is 9.10. The molecule has 0 atom stereocenters. The Morgan fingerprint density at radius 1 is 1.55 bits per heavy atom. The molecule has 0 saturated carbocycles. The van der Waals surface area contributed by atoms with Crippen molar-refractivity contribution in [1.29, 1.82) is 0 Å². The molecule has 0 aliphatic heterocycles. The number of hydrogen-bond acceptors (Lipinski definition) is 5. The Labute approximate surface area is 128 Å². The van der Waals surface area contributed by atoms with Crippen molar-refractivity contribution < 1.29 is 9.53 Å². The van der Waals surface area contributed by atoms with E-state index in [0.717, 1.165) is 4.47 Å². The van der Waals surface area contributed by atoms with Crippen LogP contribution in [0, 0.1) is 0 Å². The third-order valence-electron chi connectivity index (χ3n) is 2.37. The molecule has 0 saturated heterocycles. The largest absolute Gasteiger partial charge is 0.490 e. The minimum absolute atomic E-state index is 0.153. The predicted octanol–water partition coefficient (Wildman–Crippen LogP) is 1.38. The normalized spacial score (nSPS) is 10.3. The van der Waals surface area contributed by atoms with Gasteiger partial charge in [-0.25, -0.2) is 10.5 Å². The van der Waals surface area contributed by atoms with Gasteiger partial charge in [0.15, 0.2) is 5.69 Å². The number of hydrogen-bond donors (Lipinski definition) is 2. The van der Waals surface area contributed by atoms with E-state index in [1.165, 1.54) is 10.9 Å². The van der Waals surface area contributed by atoms with Crippen molar-refractivity contribution >= 4 is 33.4 Å². The molecule has 1 amide bonds. The molecule has 0 bridgehead atoms. The van der Waals surface area contributed by atoms with Gasteiger partial charge >= 0.3 is 0 Å². The molecule has 2 rings (SSSR count). The SMILES string of the molecule is NNC(=O)c1cn(CCOc2ccc(Cl)cc2Br)nn1. The second-order valence-electron chi connectivity index (χ2n) is 3.76. The highest BCUT2D eigenvalue weighted by atomic mass is 79.9. The van der Waals surface area contributed by atoms with Crippen LogP contribution in [0.4, 0.5) is 0 Å². The molecular weight excluding hydrogens is 350 g/mol. The molecule has 9 heteroatoms. The highest BCUT2D eigenvalue weighted by Gasteiger charge is 2.09. The summed E-state index contributed by atoms with van der Waals surface area (Å²) in [7, 11) is 0. The van der Waals surface area contributed by atoms with Crippen LogP contribution in [-0.4, -0.2) is 27.5 Å². The summed E-state index contributed by atoms with van der Waals surface area (Å²) in [5, 5.41) is 8.09. The molecule has 1 aromatic carbocycles. The summed E-state index contributed by atoms with van der Waals surface area (Å²) in [6, 6.07) is 5.25. The van der Waals surface area contributed by atoms with Crippen LogP contribution in [0.15, 0.2) is 28.9 Å². The topological polar surface area (TPSA) is 95.1 Å². The lowest BCUT2D eigenvalue weighted by Gasteiger charge is -2.08. The van der Waals surface area contributed by atoms with Crippen molar-refractivity contribution in [3.8, 4) is 5.75 Å². The Balaban J connectivity index is 1.89. The highest BCUT2D eigenvalue weighted by Crippen LogP contribution is 2.27. The molecule has 0 aliphatic rings. The van der Waals surface area contributed by atoms with E-state index in [0.29, 0.717) is 23.9 Å². The van der Waals surface area contributed by atoms with E-state index in [2.05, 4.69) is 26.2 Å². The zero-order chi connectivity index (χ0) is 14.5. The van der Waals surface area contributed by atoms with Gasteiger partial charge in [0.2, 0.25) is 0 Å². The van der Waals surface area contributed by atoms with Gasteiger partial charge in [-0.3, -0.25) is 10.2 Å². The summed E-state index contributed by atoms with van der Waals surface area (Å²) in [5.41, 5.74) is 2.14. The van der Waals surface area contributed by atoms with Gasteiger partial charge in [0.05, 0.1) is 17.2 Å². The Hall–Kier alpha value is -1.64. The van der Waals surface area contributed by atoms with Crippen LogP contribution < -0.4 is 16.0 Å². The molecule has 3 N–H and O–H groups in total. The van der Waals surface area contributed by atoms with Gasteiger partial charge in [-0.15, -0.1) is 5.10 Å². The molecule has 7 nitrogen and oxygen atoms in total. The number of nitrogens with zero attached hydrogens (tertiary/aromatic N) is 3. The van der Waals surface area contributed by atoms with Gasteiger partial charge in [0.1, 0.15) is 12.4 Å². The Morgan fingerprint density at radius 3 is 3.05 bits per heavy atom. The van der Waals surface area contributed by atoms with E-state index in [4.69, 9.17) is 22.2 Å². The molecule has 0 spiro atoms. The van der Waals surface area contributed by atoms with Crippen LogP contribution in [0.1, 0.15) is 10.5 Å². The molecular formula is C11H11BrClN5O2. The average Bonchev–Trinajstić information content (AvgIpc) is 2.89. The molecule has 1 heterocycles. The maximum absolute atomic E-state index is 11.2. The van der Waals surface area contributed by atoms with Crippen LogP contribution in [-0.2, 0) is 6.54 Å². The number of rotatable bonds is 5. The quantitative estimate of drug-likeness (QED) is 0.477. The zero-order valence-electron chi connectivity index (χ0n) is 10.2.